The number of carbonyl (C=O) groups excluding carboxylic acids is 1. The van der Waals surface area contributed by atoms with Crippen molar-refractivity contribution < 1.29 is 9.90 Å². The molecule has 0 amide bonds. The number of piperazine rings is 1. The van der Waals surface area contributed by atoms with Gasteiger partial charge in [-0.3, -0.25) is 9.69 Å². The highest BCUT2D eigenvalue weighted by Gasteiger charge is 2.34. The summed E-state index contributed by atoms with van der Waals surface area (Å²) in [6.45, 7) is 3.20. The highest BCUT2D eigenvalue weighted by atomic mass is 35.5. The first kappa shape index (κ1) is 18.2. The summed E-state index contributed by atoms with van der Waals surface area (Å²) in [5, 5.41) is 15.9. The van der Waals surface area contributed by atoms with E-state index >= 15 is 0 Å². The number of Topliss-reactive ketones (excluding diaryl/α,β-unsaturated/α-hetero) is 1. The minimum atomic E-state index is -1.16. The standard InChI is InChI=1S/C21H22ClN3O2/c22-15-7-5-14(6-8-15)19(25-11-9-23-10-12-25)21(27)20(26)17-13-24-18-4-2-1-3-16(17)18/h1-8,13,19,21,23-24,27H,9-12H2/t19-,21+/m1/s1. The molecule has 0 unspecified atom stereocenters. The quantitative estimate of drug-likeness (QED) is 0.592. The van der Waals surface area contributed by atoms with E-state index in [0.29, 0.717) is 10.6 Å². The van der Waals surface area contributed by atoms with E-state index in [4.69, 9.17) is 11.6 Å². The van der Waals surface area contributed by atoms with E-state index in [2.05, 4.69) is 15.2 Å². The monoisotopic (exact) mass is 383 g/mol. The Morgan fingerprint density at radius 1 is 1.07 bits per heavy atom. The molecule has 5 nitrogen and oxygen atoms in total. The van der Waals surface area contributed by atoms with E-state index in [1.54, 1.807) is 18.3 Å². The zero-order chi connectivity index (χ0) is 18.8. The fourth-order valence-electron chi connectivity index (χ4n) is 3.79. The molecule has 0 spiro atoms. The molecule has 1 aliphatic rings. The van der Waals surface area contributed by atoms with Crippen LogP contribution in [0.2, 0.25) is 5.02 Å². The third kappa shape index (κ3) is 3.64. The van der Waals surface area contributed by atoms with Gasteiger partial charge in [0.1, 0.15) is 6.10 Å². The van der Waals surface area contributed by atoms with Crippen LogP contribution in [0.4, 0.5) is 0 Å². The molecule has 1 fully saturated rings. The van der Waals surface area contributed by atoms with Crippen LogP contribution in [-0.4, -0.2) is 53.1 Å². The molecule has 4 rings (SSSR count). The van der Waals surface area contributed by atoms with Crippen molar-refractivity contribution in [3.05, 3.63) is 70.9 Å². The second-order valence-electron chi connectivity index (χ2n) is 6.84. The first-order valence-corrected chi connectivity index (χ1v) is 9.51. The van der Waals surface area contributed by atoms with Crippen LogP contribution < -0.4 is 5.32 Å². The lowest BCUT2D eigenvalue weighted by atomic mass is 9.93. The van der Waals surface area contributed by atoms with E-state index < -0.39 is 12.1 Å². The smallest absolute Gasteiger partial charge is 0.195 e. The maximum atomic E-state index is 13.2. The predicted octanol–water partition coefficient (Wildman–Crippen LogP) is 3.01. The van der Waals surface area contributed by atoms with Crippen LogP contribution in [0, 0.1) is 0 Å². The molecule has 0 radical (unpaired) electrons. The molecular formula is C21H22ClN3O2. The van der Waals surface area contributed by atoms with Gasteiger partial charge < -0.3 is 15.4 Å². The van der Waals surface area contributed by atoms with Gasteiger partial charge in [-0.2, -0.15) is 0 Å². The Labute approximate surface area is 162 Å². The summed E-state index contributed by atoms with van der Waals surface area (Å²) < 4.78 is 0. The molecule has 2 aromatic carbocycles. The lowest BCUT2D eigenvalue weighted by Crippen LogP contribution is -2.49. The number of carbonyl (C=O) groups is 1. The molecule has 6 heteroatoms. The van der Waals surface area contributed by atoms with Crippen molar-refractivity contribution >= 4 is 28.3 Å². The number of aliphatic hydroxyl groups is 1. The molecule has 2 heterocycles. The number of aromatic nitrogens is 1. The van der Waals surface area contributed by atoms with Gasteiger partial charge in [-0.15, -0.1) is 0 Å². The summed E-state index contributed by atoms with van der Waals surface area (Å²) >= 11 is 6.03. The summed E-state index contributed by atoms with van der Waals surface area (Å²) in [5.41, 5.74) is 2.30. The van der Waals surface area contributed by atoms with Crippen molar-refractivity contribution in [2.24, 2.45) is 0 Å². The lowest BCUT2D eigenvalue weighted by Gasteiger charge is -2.37. The Balaban J connectivity index is 1.69. The number of ketones is 1. The molecule has 0 saturated carbocycles. The Kier molecular flexibility index (Phi) is 5.27. The molecule has 0 aliphatic carbocycles. The number of fused-ring (bicyclic) bond motifs is 1. The number of rotatable bonds is 5. The molecule has 1 aromatic heterocycles. The third-order valence-corrected chi connectivity index (χ3v) is 5.43. The minimum Gasteiger partial charge on any atom is -0.383 e. The van der Waals surface area contributed by atoms with E-state index in [1.165, 1.54) is 0 Å². The molecular weight excluding hydrogens is 362 g/mol. The molecule has 1 aliphatic heterocycles. The van der Waals surface area contributed by atoms with Crippen molar-refractivity contribution in [2.75, 3.05) is 26.2 Å². The maximum Gasteiger partial charge on any atom is 0.195 e. The first-order chi connectivity index (χ1) is 13.1. The Bertz CT molecular complexity index is 932. The van der Waals surface area contributed by atoms with Gasteiger partial charge in [0.2, 0.25) is 0 Å². The average Bonchev–Trinajstić information content (AvgIpc) is 3.14. The van der Waals surface area contributed by atoms with Gasteiger partial charge in [-0.25, -0.2) is 0 Å². The van der Waals surface area contributed by atoms with Crippen LogP contribution in [0.25, 0.3) is 10.9 Å². The molecule has 2 atom stereocenters. The molecule has 0 bridgehead atoms. The largest absolute Gasteiger partial charge is 0.383 e. The van der Waals surface area contributed by atoms with Crippen molar-refractivity contribution in [3.63, 3.8) is 0 Å². The highest BCUT2D eigenvalue weighted by Crippen LogP contribution is 2.30. The number of aromatic amines is 1. The lowest BCUT2D eigenvalue weighted by molar-refractivity contribution is 0.0346. The zero-order valence-electron chi connectivity index (χ0n) is 14.9. The van der Waals surface area contributed by atoms with Crippen molar-refractivity contribution in [1.29, 1.82) is 0 Å². The SMILES string of the molecule is O=C(c1c[nH]c2ccccc12)[C@@H](O)[C@@H](c1ccc(Cl)cc1)N1CCNCC1. The molecule has 3 N–H and O–H groups in total. The number of nitrogens with one attached hydrogen (secondary N) is 2. The second kappa shape index (κ2) is 7.82. The van der Waals surface area contributed by atoms with Crippen molar-refractivity contribution in [3.8, 4) is 0 Å². The molecule has 1 saturated heterocycles. The van der Waals surface area contributed by atoms with E-state index in [0.717, 1.165) is 42.6 Å². The minimum absolute atomic E-state index is 0.272. The Hall–Kier alpha value is -2.18. The molecule has 140 valence electrons. The molecule has 27 heavy (non-hydrogen) atoms. The normalized spacial score (nSPS) is 17.7. The van der Waals surface area contributed by atoms with Crippen LogP contribution >= 0.6 is 11.6 Å². The van der Waals surface area contributed by atoms with Crippen molar-refractivity contribution in [1.82, 2.24) is 15.2 Å². The zero-order valence-corrected chi connectivity index (χ0v) is 15.6. The van der Waals surface area contributed by atoms with Gasteiger partial charge in [0.25, 0.3) is 0 Å². The van der Waals surface area contributed by atoms with E-state index in [9.17, 15) is 9.90 Å². The van der Waals surface area contributed by atoms with Crippen LogP contribution in [-0.2, 0) is 0 Å². The maximum absolute atomic E-state index is 13.2. The summed E-state index contributed by atoms with van der Waals surface area (Å²) in [5.74, 6) is -0.272. The fraction of sp³-hybridized carbons (Fsp3) is 0.286. The number of nitrogens with zero attached hydrogens (tertiary/aromatic N) is 1. The summed E-state index contributed by atoms with van der Waals surface area (Å²) in [6, 6.07) is 14.6. The molecule has 3 aromatic rings. The van der Waals surface area contributed by atoms with E-state index in [-0.39, 0.29) is 5.78 Å². The van der Waals surface area contributed by atoms with Gasteiger partial charge in [0.05, 0.1) is 6.04 Å². The highest BCUT2D eigenvalue weighted by molar-refractivity contribution is 6.30. The van der Waals surface area contributed by atoms with E-state index in [1.807, 2.05) is 36.4 Å². The van der Waals surface area contributed by atoms with Crippen LogP contribution in [0.15, 0.2) is 54.7 Å². The Morgan fingerprint density at radius 2 is 1.78 bits per heavy atom. The summed E-state index contributed by atoms with van der Waals surface area (Å²) in [4.78, 5) is 18.5. The van der Waals surface area contributed by atoms with Crippen LogP contribution in [0.1, 0.15) is 22.0 Å². The second-order valence-corrected chi connectivity index (χ2v) is 7.28. The van der Waals surface area contributed by atoms with Gasteiger partial charge in [0.15, 0.2) is 5.78 Å². The number of halogens is 1. The summed E-state index contributed by atoms with van der Waals surface area (Å²) in [7, 11) is 0. The van der Waals surface area contributed by atoms with Gasteiger partial charge in [0, 0.05) is 53.9 Å². The summed E-state index contributed by atoms with van der Waals surface area (Å²) in [6.07, 6.45) is 0.524. The van der Waals surface area contributed by atoms with Gasteiger partial charge in [-0.1, -0.05) is 41.9 Å². The van der Waals surface area contributed by atoms with Crippen LogP contribution in [0.3, 0.4) is 0 Å². The third-order valence-electron chi connectivity index (χ3n) is 5.18. The number of H-pyrrole nitrogens is 1. The van der Waals surface area contributed by atoms with Gasteiger partial charge >= 0.3 is 0 Å². The van der Waals surface area contributed by atoms with Crippen LogP contribution in [0.5, 0.6) is 0 Å². The van der Waals surface area contributed by atoms with Gasteiger partial charge in [-0.05, 0) is 23.8 Å². The topological polar surface area (TPSA) is 68.4 Å². The average molecular weight is 384 g/mol. The number of para-hydroxylation sites is 1. The first-order valence-electron chi connectivity index (χ1n) is 9.14. The number of benzene rings is 2. The Morgan fingerprint density at radius 3 is 2.52 bits per heavy atom. The number of hydrogen-bond acceptors (Lipinski definition) is 4. The predicted molar refractivity (Wildman–Crippen MR) is 107 cm³/mol. The van der Waals surface area contributed by atoms with Crippen molar-refractivity contribution in [2.45, 2.75) is 12.1 Å². The number of aliphatic hydroxyl groups excluding tert-OH is 1. The number of hydrogen-bond donors (Lipinski definition) is 3. The fourth-order valence-corrected chi connectivity index (χ4v) is 3.92.